The van der Waals surface area contributed by atoms with Gasteiger partial charge in [-0.2, -0.15) is 4.31 Å². The first-order chi connectivity index (χ1) is 8.78. The molecule has 0 aromatic carbocycles. The Morgan fingerprint density at radius 1 is 1.05 bits per heavy atom. The monoisotopic (exact) mass is 311 g/mol. The van der Waals surface area contributed by atoms with Crippen LogP contribution in [0.15, 0.2) is 0 Å². The second kappa shape index (κ2) is 5.65. The number of rotatable bonds is 5. The molecular formula is C10H21N3O4S2. The van der Waals surface area contributed by atoms with Gasteiger partial charge in [-0.15, -0.1) is 0 Å². The Hall–Kier alpha value is -0.220. The summed E-state index contributed by atoms with van der Waals surface area (Å²) < 4.78 is 47.3. The molecule has 2 fully saturated rings. The van der Waals surface area contributed by atoms with Crippen molar-refractivity contribution in [2.75, 3.05) is 57.0 Å². The van der Waals surface area contributed by atoms with Crippen LogP contribution >= 0.6 is 0 Å². The molecule has 2 rings (SSSR count). The van der Waals surface area contributed by atoms with Crippen molar-refractivity contribution in [3.63, 3.8) is 0 Å². The Bertz CT molecular complexity index is 505. The van der Waals surface area contributed by atoms with Gasteiger partial charge in [0.2, 0.25) is 10.0 Å². The molecule has 0 radical (unpaired) electrons. The highest BCUT2D eigenvalue weighted by Crippen LogP contribution is 2.19. The summed E-state index contributed by atoms with van der Waals surface area (Å²) in [6.07, 6.45) is 1.06. The Morgan fingerprint density at radius 2 is 1.63 bits per heavy atom. The number of nitrogens with one attached hydrogen (secondary N) is 1. The molecule has 0 aromatic heterocycles. The first-order valence-corrected chi connectivity index (χ1v) is 10.1. The van der Waals surface area contributed by atoms with Gasteiger partial charge in [-0.05, 0) is 0 Å². The second-order valence-corrected chi connectivity index (χ2v) is 9.55. The van der Waals surface area contributed by atoms with E-state index in [1.165, 1.54) is 4.31 Å². The Labute approximate surface area is 114 Å². The Morgan fingerprint density at radius 3 is 2.16 bits per heavy atom. The van der Waals surface area contributed by atoms with Crippen molar-refractivity contribution in [3.05, 3.63) is 0 Å². The minimum absolute atomic E-state index is 0.287. The molecule has 0 unspecified atom stereocenters. The average molecular weight is 311 g/mol. The van der Waals surface area contributed by atoms with Crippen molar-refractivity contribution in [3.8, 4) is 0 Å². The molecule has 0 amide bonds. The van der Waals surface area contributed by atoms with Gasteiger partial charge in [-0.25, -0.2) is 16.8 Å². The zero-order valence-corrected chi connectivity index (χ0v) is 12.7. The van der Waals surface area contributed by atoms with Crippen molar-refractivity contribution in [2.45, 2.75) is 6.04 Å². The van der Waals surface area contributed by atoms with Gasteiger partial charge in [0.15, 0.2) is 0 Å². The van der Waals surface area contributed by atoms with E-state index in [9.17, 15) is 16.8 Å². The smallest absolute Gasteiger partial charge is 0.215 e. The third-order valence-electron chi connectivity index (χ3n) is 3.60. The van der Waals surface area contributed by atoms with E-state index in [2.05, 4.69) is 10.2 Å². The standard InChI is InChI=1S/C10H21N3O4S2/c1-18(14,15)6-7-19(16,17)13-8-10(9-13)12-4-2-11-3-5-12/h10-11H,2-9H2,1H3. The van der Waals surface area contributed by atoms with E-state index in [0.717, 1.165) is 32.4 Å². The van der Waals surface area contributed by atoms with Crippen LogP contribution in [0.4, 0.5) is 0 Å². The zero-order chi connectivity index (χ0) is 14.1. The lowest BCUT2D eigenvalue weighted by Crippen LogP contribution is -2.64. The highest BCUT2D eigenvalue weighted by Gasteiger charge is 2.39. The molecule has 2 aliphatic rings. The molecule has 0 bridgehead atoms. The van der Waals surface area contributed by atoms with Gasteiger partial charge in [0.1, 0.15) is 9.84 Å². The van der Waals surface area contributed by atoms with Gasteiger partial charge in [0.25, 0.3) is 0 Å². The van der Waals surface area contributed by atoms with Crippen LogP contribution in [-0.4, -0.2) is 89.1 Å². The molecule has 2 heterocycles. The van der Waals surface area contributed by atoms with Crippen LogP contribution in [0.1, 0.15) is 0 Å². The lowest BCUT2D eigenvalue weighted by atomic mass is 10.1. The average Bonchev–Trinajstić information content (AvgIpc) is 2.25. The fourth-order valence-electron chi connectivity index (χ4n) is 2.31. The Kier molecular flexibility index (Phi) is 4.51. The maximum absolute atomic E-state index is 11.9. The SMILES string of the molecule is CS(=O)(=O)CCS(=O)(=O)N1CC(N2CCNCC2)C1. The molecule has 0 atom stereocenters. The summed E-state index contributed by atoms with van der Waals surface area (Å²) in [5, 5.41) is 3.26. The quantitative estimate of drug-likeness (QED) is 0.629. The van der Waals surface area contributed by atoms with E-state index in [1.54, 1.807) is 0 Å². The van der Waals surface area contributed by atoms with Crippen LogP contribution < -0.4 is 5.32 Å². The summed E-state index contributed by atoms with van der Waals surface area (Å²) in [5.41, 5.74) is 0. The molecule has 7 nitrogen and oxygen atoms in total. The summed E-state index contributed by atoms with van der Waals surface area (Å²) in [6, 6.07) is 0.287. The number of hydrogen-bond acceptors (Lipinski definition) is 6. The predicted molar refractivity (Wildman–Crippen MR) is 73.3 cm³/mol. The lowest BCUT2D eigenvalue weighted by Gasteiger charge is -2.45. The van der Waals surface area contributed by atoms with Crippen LogP contribution in [-0.2, 0) is 19.9 Å². The van der Waals surface area contributed by atoms with E-state index < -0.39 is 19.9 Å². The summed E-state index contributed by atoms with van der Waals surface area (Å²) in [6.45, 7) is 4.76. The maximum atomic E-state index is 11.9. The molecule has 0 spiro atoms. The summed E-state index contributed by atoms with van der Waals surface area (Å²) >= 11 is 0. The number of sulfonamides is 1. The molecule has 2 aliphatic heterocycles. The van der Waals surface area contributed by atoms with Gasteiger partial charge in [-0.3, -0.25) is 4.90 Å². The molecule has 19 heavy (non-hydrogen) atoms. The fourth-order valence-corrected chi connectivity index (χ4v) is 5.42. The third kappa shape index (κ3) is 4.12. The fraction of sp³-hybridized carbons (Fsp3) is 1.00. The van der Waals surface area contributed by atoms with Gasteiger partial charge >= 0.3 is 0 Å². The van der Waals surface area contributed by atoms with Crippen LogP contribution in [0, 0.1) is 0 Å². The number of piperazine rings is 1. The zero-order valence-electron chi connectivity index (χ0n) is 11.1. The van der Waals surface area contributed by atoms with E-state index in [0.29, 0.717) is 13.1 Å². The topological polar surface area (TPSA) is 86.8 Å². The predicted octanol–water partition coefficient (Wildman–Crippen LogP) is -2.05. The van der Waals surface area contributed by atoms with Crippen molar-refractivity contribution in [2.24, 2.45) is 0 Å². The van der Waals surface area contributed by atoms with Gasteiger partial charge < -0.3 is 5.32 Å². The van der Waals surface area contributed by atoms with Crippen LogP contribution in [0.3, 0.4) is 0 Å². The highest BCUT2D eigenvalue weighted by atomic mass is 32.2. The largest absolute Gasteiger partial charge is 0.314 e. The van der Waals surface area contributed by atoms with Gasteiger partial charge in [0.05, 0.1) is 11.5 Å². The molecule has 0 aromatic rings. The van der Waals surface area contributed by atoms with Crippen molar-refractivity contribution < 1.29 is 16.8 Å². The van der Waals surface area contributed by atoms with Crippen LogP contribution in [0.2, 0.25) is 0 Å². The van der Waals surface area contributed by atoms with Crippen molar-refractivity contribution in [1.82, 2.24) is 14.5 Å². The minimum atomic E-state index is -3.42. The third-order valence-corrected chi connectivity index (χ3v) is 6.61. The summed E-state index contributed by atoms with van der Waals surface area (Å²) in [5.74, 6) is -0.607. The minimum Gasteiger partial charge on any atom is -0.314 e. The number of hydrogen-bond donors (Lipinski definition) is 1. The lowest BCUT2D eigenvalue weighted by molar-refractivity contribution is 0.0774. The molecule has 9 heteroatoms. The highest BCUT2D eigenvalue weighted by molar-refractivity contribution is 7.93. The molecule has 2 saturated heterocycles. The summed E-state index contributed by atoms with van der Waals surface area (Å²) in [4.78, 5) is 2.29. The van der Waals surface area contributed by atoms with E-state index in [1.807, 2.05) is 0 Å². The first-order valence-electron chi connectivity index (χ1n) is 6.38. The normalized spacial score (nSPS) is 24.3. The van der Waals surface area contributed by atoms with Crippen LogP contribution in [0.25, 0.3) is 0 Å². The molecule has 0 aliphatic carbocycles. The van der Waals surface area contributed by atoms with E-state index in [-0.39, 0.29) is 17.5 Å². The molecule has 1 N–H and O–H groups in total. The van der Waals surface area contributed by atoms with Gasteiger partial charge in [0, 0.05) is 51.6 Å². The van der Waals surface area contributed by atoms with Crippen LogP contribution in [0.5, 0.6) is 0 Å². The number of sulfone groups is 1. The van der Waals surface area contributed by atoms with E-state index >= 15 is 0 Å². The number of nitrogens with zero attached hydrogens (tertiary/aromatic N) is 2. The molecular weight excluding hydrogens is 290 g/mol. The van der Waals surface area contributed by atoms with E-state index in [4.69, 9.17) is 0 Å². The second-order valence-electron chi connectivity index (χ2n) is 5.20. The first kappa shape index (κ1) is 15.2. The maximum Gasteiger partial charge on any atom is 0.215 e. The van der Waals surface area contributed by atoms with Crippen molar-refractivity contribution in [1.29, 1.82) is 0 Å². The molecule has 0 saturated carbocycles. The van der Waals surface area contributed by atoms with Crippen molar-refractivity contribution >= 4 is 19.9 Å². The Balaban J connectivity index is 1.81. The van der Waals surface area contributed by atoms with Gasteiger partial charge in [-0.1, -0.05) is 0 Å². The molecule has 112 valence electrons. The summed E-state index contributed by atoms with van der Waals surface area (Å²) in [7, 11) is -6.65.